The lowest BCUT2D eigenvalue weighted by Crippen LogP contribution is -2.06. The normalized spacial score (nSPS) is 14.3. The van der Waals surface area contributed by atoms with E-state index in [1.807, 2.05) is 13.1 Å². The summed E-state index contributed by atoms with van der Waals surface area (Å²) < 4.78 is 1.18. The summed E-state index contributed by atoms with van der Waals surface area (Å²) in [6, 6.07) is 10.4. The summed E-state index contributed by atoms with van der Waals surface area (Å²) in [5, 5.41) is 3.19. The zero-order valence-electron chi connectivity index (χ0n) is 11.3. The van der Waals surface area contributed by atoms with E-state index in [1.54, 1.807) is 11.8 Å². The summed E-state index contributed by atoms with van der Waals surface area (Å²) in [7, 11) is 1.93. The van der Waals surface area contributed by atoms with Crippen LogP contribution in [-0.2, 0) is 5.75 Å². The molecule has 1 aromatic carbocycles. The molecular formula is C15H16IN3S. The third kappa shape index (κ3) is 3.25. The molecule has 1 aromatic heterocycles. The van der Waals surface area contributed by atoms with Crippen molar-refractivity contribution in [1.29, 1.82) is 0 Å². The van der Waals surface area contributed by atoms with Crippen molar-refractivity contribution < 1.29 is 0 Å². The Labute approximate surface area is 137 Å². The number of nitrogens with zero attached hydrogens (tertiary/aromatic N) is 2. The van der Waals surface area contributed by atoms with Gasteiger partial charge >= 0.3 is 0 Å². The van der Waals surface area contributed by atoms with Gasteiger partial charge in [0, 0.05) is 17.9 Å². The molecule has 1 aliphatic carbocycles. The van der Waals surface area contributed by atoms with Gasteiger partial charge in [0.25, 0.3) is 0 Å². The Morgan fingerprint density at radius 2 is 2.00 bits per heavy atom. The SMILES string of the molecule is CNc1nc(CSc2ccccc2)nc(C2CC2)c1I. The molecule has 3 rings (SSSR count). The summed E-state index contributed by atoms with van der Waals surface area (Å²) >= 11 is 4.14. The minimum Gasteiger partial charge on any atom is -0.372 e. The zero-order chi connectivity index (χ0) is 13.9. The molecule has 1 fully saturated rings. The molecule has 0 amide bonds. The maximum absolute atomic E-state index is 4.78. The lowest BCUT2D eigenvalue weighted by molar-refractivity contribution is 0.920. The van der Waals surface area contributed by atoms with Crippen LogP contribution in [0.5, 0.6) is 0 Å². The predicted octanol–water partition coefficient (Wildman–Crippen LogP) is 4.29. The second-order valence-electron chi connectivity index (χ2n) is 4.81. The van der Waals surface area contributed by atoms with Crippen molar-refractivity contribution in [2.24, 2.45) is 0 Å². The maximum Gasteiger partial charge on any atom is 0.143 e. The highest BCUT2D eigenvalue weighted by molar-refractivity contribution is 14.1. The summed E-state index contributed by atoms with van der Waals surface area (Å²) in [5.74, 6) is 3.35. The highest BCUT2D eigenvalue weighted by Gasteiger charge is 2.29. The lowest BCUT2D eigenvalue weighted by Gasteiger charge is -2.10. The van der Waals surface area contributed by atoms with Crippen LogP contribution < -0.4 is 5.32 Å². The molecule has 0 saturated heterocycles. The topological polar surface area (TPSA) is 37.8 Å². The molecule has 1 saturated carbocycles. The molecule has 0 bridgehead atoms. The summed E-state index contributed by atoms with van der Waals surface area (Å²) in [4.78, 5) is 10.7. The number of thioether (sulfide) groups is 1. The van der Waals surface area contributed by atoms with Crippen molar-refractivity contribution in [2.75, 3.05) is 12.4 Å². The molecule has 0 spiro atoms. The number of benzene rings is 1. The van der Waals surface area contributed by atoms with Crippen LogP contribution >= 0.6 is 34.4 Å². The number of rotatable bonds is 5. The van der Waals surface area contributed by atoms with Gasteiger partial charge in [-0.3, -0.25) is 0 Å². The standard InChI is InChI=1S/C15H16IN3S/c1-17-15-13(16)14(10-7-8-10)18-12(19-15)9-20-11-5-3-2-4-6-11/h2-6,10H,7-9H2,1H3,(H,17,18,19). The number of hydrogen-bond acceptors (Lipinski definition) is 4. The van der Waals surface area contributed by atoms with Gasteiger partial charge < -0.3 is 5.32 Å². The molecule has 5 heteroatoms. The van der Waals surface area contributed by atoms with Gasteiger partial charge in [0.1, 0.15) is 11.6 Å². The van der Waals surface area contributed by atoms with Gasteiger partial charge in [0.2, 0.25) is 0 Å². The van der Waals surface area contributed by atoms with Crippen LogP contribution in [0.15, 0.2) is 35.2 Å². The van der Waals surface area contributed by atoms with Crippen molar-refractivity contribution in [3.05, 3.63) is 45.4 Å². The molecule has 0 aliphatic heterocycles. The Morgan fingerprint density at radius 3 is 2.65 bits per heavy atom. The van der Waals surface area contributed by atoms with Crippen LogP contribution in [0.2, 0.25) is 0 Å². The number of nitrogens with one attached hydrogen (secondary N) is 1. The summed E-state index contributed by atoms with van der Waals surface area (Å²) in [5.41, 5.74) is 1.23. The Kier molecular flexibility index (Phi) is 4.45. The molecule has 1 N–H and O–H groups in total. The maximum atomic E-state index is 4.78. The van der Waals surface area contributed by atoms with Crippen LogP contribution in [0.1, 0.15) is 30.3 Å². The van der Waals surface area contributed by atoms with E-state index in [9.17, 15) is 0 Å². The molecule has 2 aromatic rings. The molecular weight excluding hydrogens is 381 g/mol. The number of halogens is 1. The average molecular weight is 397 g/mol. The molecule has 0 radical (unpaired) electrons. The van der Waals surface area contributed by atoms with Crippen LogP contribution in [0.4, 0.5) is 5.82 Å². The average Bonchev–Trinajstić information content (AvgIpc) is 3.32. The number of aromatic nitrogens is 2. The first-order valence-electron chi connectivity index (χ1n) is 6.70. The van der Waals surface area contributed by atoms with E-state index in [2.05, 4.69) is 57.2 Å². The van der Waals surface area contributed by atoms with Crippen molar-refractivity contribution in [3.8, 4) is 0 Å². The Hall–Kier alpha value is -0.820. The second kappa shape index (κ2) is 6.30. The van der Waals surface area contributed by atoms with Gasteiger partial charge in [-0.2, -0.15) is 0 Å². The van der Waals surface area contributed by atoms with Gasteiger partial charge in [-0.25, -0.2) is 9.97 Å². The molecule has 1 aliphatic rings. The first-order chi connectivity index (χ1) is 9.78. The Bertz CT molecular complexity index is 600. The highest BCUT2D eigenvalue weighted by atomic mass is 127. The number of anilines is 1. The van der Waals surface area contributed by atoms with E-state index in [-0.39, 0.29) is 0 Å². The first-order valence-corrected chi connectivity index (χ1v) is 8.76. The fourth-order valence-corrected chi connectivity index (χ4v) is 3.76. The molecule has 3 nitrogen and oxygen atoms in total. The lowest BCUT2D eigenvalue weighted by atomic mass is 10.2. The van der Waals surface area contributed by atoms with Crippen molar-refractivity contribution in [3.63, 3.8) is 0 Å². The van der Waals surface area contributed by atoms with E-state index in [0.717, 1.165) is 17.4 Å². The van der Waals surface area contributed by atoms with Gasteiger partial charge in [0.15, 0.2) is 0 Å². The van der Waals surface area contributed by atoms with Crippen molar-refractivity contribution in [1.82, 2.24) is 9.97 Å². The summed E-state index contributed by atoms with van der Waals surface area (Å²) in [6.07, 6.45) is 2.53. The van der Waals surface area contributed by atoms with E-state index in [1.165, 1.54) is 27.0 Å². The first kappa shape index (κ1) is 14.1. The molecule has 20 heavy (non-hydrogen) atoms. The number of hydrogen-bond donors (Lipinski definition) is 1. The zero-order valence-corrected chi connectivity index (χ0v) is 14.2. The van der Waals surface area contributed by atoms with Gasteiger partial charge in [0.05, 0.1) is 15.0 Å². The molecule has 0 unspecified atom stereocenters. The monoisotopic (exact) mass is 397 g/mol. The van der Waals surface area contributed by atoms with Gasteiger partial charge in [-0.15, -0.1) is 11.8 Å². The van der Waals surface area contributed by atoms with E-state index in [0.29, 0.717) is 5.92 Å². The molecule has 0 atom stereocenters. The van der Waals surface area contributed by atoms with Crippen LogP contribution in [0, 0.1) is 3.57 Å². The van der Waals surface area contributed by atoms with Crippen LogP contribution in [-0.4, -0.2) is 17.0 Å². The quantitative estimate of drug-likeness (QED) is 0.604. The van der Waals surface area contributed by atoms with Gasteiger partial charge in [-0.05, 0) is 47.6 Å². The minimum atomic E-state index is 0.650. The predicted molar refractivity (Wildman–Crippen MR) is 92.3 cm³/mol. The van der Waals surface area contributed by atoms with Crippen LogP contribution in [0.25, 0.3) is 0 Å². The largest absolute Gasteiger partial charge is 0.372 e. The van der Waals surface area contributed by atoms with E-state index < -0.39 is 0 Å². The summed E-state index contributed by atoms with van der Waals surface area (Å²) in [6.45, 7) is 0. The van der Waals surface area contributed by atoms with Gasteiger partial charge in [-0.1, -0.05) is 18.2 Å². The van der Waals surface area contributed by atoms with E-state index >= 15 is 0 Å². The third-order valence-corrected chi connectivity index (χ3v) is 5.31. The Balaban J connectivity index is 1.80. The second-order valence-corrected chi connectivity index (χ2v) is 6.94. The highest BCUT2D eigenvalue weighted by Crippen LogP contribution is 2.42. The molecule has 1 heterocycles. The van der Waals surface area contributed by atoms with Crippen molar-refractivity contribution >= 4 is 40.2 Å². The molecule has 104 valence electrons. The third-order valence-electron chi connectivity index (χ3n) is 3.24. The Morgan fingerprint density at radius 1 is 1.25 bits per heavy atom. The fourth-order valence-electron chi connectivity index (χ4n) is 2.03. The fraction of sp³-hybridized carbons (Fsp3) is 0.333. The van der Waals surface area contributed by atoms with E-state index in [4.69, 9.17) is 4.98 Å². The van der Waals surface area contributed by atoms with Crippen molar-refractivity contribution in [2.45, 2.75) is 29.4 Å². The smallest absolute Gasteiger partial charge is 0.143 e. The minimum absolute atomic E-state index is 0.650. The van der Waals surface area contributed by atoms with Crippen LogP contribution in [0.3, 0.4) is 0 Å².